The van der Waals surface area contributed by atoms with Crippen LogP contribution in [0, 0.1) is 11.3 Å². The van der Waals surface area contributed by atoms with Gasteiger partial charge in [-0.15, -0.1) is 0 Å². The lowest BCUT2D eigenvalue weighted by molar-refractivity contribution is -0.120. The molecule has 0 aliphatic heterocycles. The predicted molar refractivity (Wildman–Crippen MR) is 89.3 cm³/mol. The SMILES string of the molecule is CC(=O)N(CC(=O)Nc1ccccc1Cl)c1cccc(C#N)c1. The van der Waals surface area contributed by atoms with E-state index in [1.807, 2.05) is 6.07 Å². The van der Waals surface area contributed by atoms with Crippen LogP contribution in [0.3, 0.4) is 0 Å². The molecule has 1 N–H and O–H groups in total. The van der Waals surface area contributed by atoms with Crippen LogP contribution in [0.25, 0.3) is 0 Å². The molecule has 0 radical (unpaired) electrons. The molecule has 0 atom stereocenters. The zero-order chi connectivity index (χ0) is 16.8. The number of amides is 2. The molecule has 0 fully saturated rings. The molecular weight excluding hydrogens is 314 g/mol. The molecule has 0 spiro atoms. The minimum absolute atomic E-state index is 0.171. The third-order valence-electron chi connectivity index (χ3n) is 3.12. The molecule has 0 bridgehead atoms. The van der Waals surface area contributed by atoms with Gasteiger partial charge in [0.1, 0.15) is 6.54 Å². The average molecular weight is 328 g/mol. The zero-order valence-corrected chi connectivity index (χ0v) is 13.2. The predicted octanol–water partition coefficient (Wildman–Crippen LogP) is 3.20. The summed E-state index contributed by atoms with van der Waals surface area (Å²) in [6.07, 6.45) is 0. The Morgan fingerprint density at radius 1 is 1.22 bits per heavy atom. The second kappa shape index (κ2) is 7.43. The smallest absolute Gasteiger partial charge is 0.244 e. The summed E-state index contributed by atoms with van der Waals surface area (Å²) in [6, 6.07) is 15.4. The molecule has 5 nitrogen and oxygen atoms in total. The second-order valence-electron chi connectivity index (χ2n) is 4.80. The number of nitrogens with one attached hydrogen (secondary N) is 1. The van der Waals surface area contributed by atoms with Gasteiger partial charge in [-0.1, -0.05) is 29.8 Å². The summed E-state index contributed by atoms with van der Waals surface area (Å²) in [5, 5.41) is 12.0. The highest BCUT2D eigenvalue weighted by atomic mass is 35.5. The molecular formula is C17H14ClN3O2. The Labute approximate surface area is 139 Å². The van der Waals surface area contributed by atoms with Crippen molar-refractivity contribution in [3.63, 3.8) is 0 Å². The van der Waals surface area contributed by atoms with Gasteiger partial charge >= 0.3 is 0 Å². The fraction of sp³-hybridized carbons (Fsp3) is 0.118. The summed E-state index contributed by atoms with van der Waals surface area (Å²) < 4.78 is 0. The third kappa shape index (κ3) is 4.31. The van der Waals surface area contributed by atoms with Gasteiger partial charge in [-0.05, 0) is 30.3 Å². The minimum Gasteiger partial charge on any atom is -0.323 e. The Morgan fingerprint density at radius 3 is 2.61 bits per heavy atom. The first-order valence-corrected chi connectivity index (χ1v) is 7.21. The molecule has 0 aliphatic rings. The number of nitrogens with zero attached hydrogens (tertiary/aromatic N) is 2. The van der Waals surface area contributed by atoms with Crippen molar-refractivity contribution in [2.24, 2.45) is 0 Å². The van der Waals surface area contributed by atoms with Crippen LogP contribution in [0.4, 0.5) is 11.4 Å². The molecule has 0 saturated heterocycles. The molecule has 0 unspecified atom stereocenters. The zero-order valence-electron chi connectivity index (χ0n) is 12.4. The van der Waals surface area contributed by atoms with E-state index in [1.165, 1.54) is 11.8 Å². The highest BCUT2D eigenvalue weighted by molar-refractivity contribution is 6.33. The molecule has 2 rings (SSSR count). The van der Waals surface area contributed by atoms with E-state index in [0.717, 1.165) is 0 Å². The second-order valence-corrected chi connectivity index (χ2v) is 5.20. The van der Waals surface area contributed by atoms with Crippen molar-refractivity contribution in [1.29, 1.82) is 5.26 Å². The summed E-state index contributed by atoms with van der Waals surface area (Å²) in [7, 11) is 0. The summed E-state index contributed by atoms with van der Waals surface area (Å²) in [5.74, 6) is -0.676. The number of anilines is 2. The molecule has 116 valence electrons. The number of carbonyl (C=O) groups excluding carboxylic acids is 2. The number of para-hydroxylation sites is 1. The highest BCUT2D eigenvalue weighted by Crippen LogP contribution is 2.21. The number of benzene rings is 2. The lowest BCUT2D eigenvalue weighted by Crippen LogP contribution is -2.36. The van der Waals surface area contributed by atoms with Crippen molar-refractivity contribution >= 4 is 34.8 Å². The first-order chi connectivity index (χ1) is 11.0. The van der Waals surface area contributed by atoms with Gasteiger partial charge in [-0.3, -0.25) is 9.59 Å². The van der Waals surface area contributed by atoms with Crippen LogP contribution in [-0.2, 0) is 9.59 Å². The van der Waals surface area contributed by atoms with Crippen molar-refractivity contribution in [3.05, 3.63) is 59.1 Å². The molecule has 6 heteroatoms. The maximum absolute atomic E-state index is 12.2. The molecule has 23 heavy (non-hydrogen) atoms. The molecule has 0 heterocycles. The Bertz CT molecular complexity index is 783. The van der Waals surface area contributed by atoms with Gasteiger partial charge in [0.25, 0.3) is 0 Å². The number of carbonyl (C=O) groups is 2. The van der Waals surface area contributed by atoms with Gasteiger partial charge in [0.15, 0.2) is 0 Å². The van der Waals surface area contributed by atoms with Gasteiger partial charge in [-0.2, -0.15) is 5.26 Å². The molecule has 0 aliphatic carbocycles. The van der Waals surface area contributed by atoms with Crippen molar-refractivity contribution in [1.82, 2.24) is 0 Å². The van der Waals surface area contributed by atoms with E-state index < -0.39 is 0 Å². The van der Waals surface area contributed by atoms with E-state index >= 15 is 0 Å². The number of rotatable bonds is 4. The van der Waals surface area contributed by atoms with Gasteiger partial charge in [-0.25, -0.2) is 0 Å². The Balaban J connectivity index is 2.16. The number of hydrogen-bond acceptors (Lipinski definition) is 3. The van der Waals surface area contributed by atoms with Crippen molar-refractivity contribution in [3.8, 4) is 6.07 Å². The number of hydrogen-bond donors (Lipinski definition) is 1. The third-order valence-corrected chi connectivity index (χ3v) is 3.45. The Kier molecular flexibility index (Phi) is 5.34. The van der Waals surface area contributed by atoms with Crippen molar-refractivity contribution in [2.75, 3.05) is 16.8 Å². The maximum atomic E-state index is 12.2. The minimum atomic E-state index is -0.379. The first-order valence-electron chi connectivity index (χ1n) is 6.84. The fourth-order valence-electron chi connectivity index (χ4n) is 2.02. The average Bonchev–Trinajstić information content (AvgIpc) is 2.54. The van der Waals surface area contributed by atoms with Crippen LogP contribution in [-0.4, -0.2) is 18.4 Å². The Morgan fingerprint density at radius 2 is 1.96 bits per heavy atom. The van der Waals surface area contributed by atoms with Crippen molar-refractivity contribution in [2.45, 2.75) is 6.92 Å². The molecule has 0 aromatic heterocycles. The first kappa shape index (κ1) is 16.5. The summed E-state index contributed by atoms with van der Waals surface area (Å²) >= 11 is 5.99. The lowest BCUT2D eigenvalue weighted by Gasteiger charge is -2.21. The molecule has 2 aromatic carbocycles. The molecule has 2 amide bonds. The largest absolute Gasteiger partial charge is 0.323 e. The quantitative estimate of drug-likeness (QED) is 0.937. The molecule has 2 aromatic rings. The van der Waals surface area contributed by atoms with Gasteiger partial charge < -0.3 is 10.2 Å². The molecule has 0 saturated carbocycles. The summed E-state index contributed by atoms with van der Waals surface area (Å²) in [5.41, 5.74) is 1.39. The highest BCUT2D eigenvalue weighted by Gasteiger charge is 2.16. The van der Waals surface area contributed by atoms with E-state index in [2.05, 4.69) is 5.32 Å². The van der Waals surface area contributed by atoms with Crippen LogP contribution in [0.2, 0.25) is 5.02 Å². The fourth-order valence-corrected chi connectivity index (χ4v) is 2.21. The van der Waals surface area contributed by atoms with Crippen LogP contribution in [0.15, 0.2) is 48.5 Å². The van der Waals surface area contributed by atoms with Crippen LogP contribution in [0.5, 0.6) is 0 Å². The van der Waals surface area contributed by atoms with E-state index in [-0.39, 0.29) is 18.4 Å². The number of nitriles is 1. The van der Waals surface area contributed by atoms with E-state index in [1.54, 1.807) is 48.5 Å². The lowest BCUT2D eigenvalue weighted by atomic mass is 10.2. The van der Waals surface area contributed by atoms with E-state index in [0.29, 0.717) is 22.0 Å². The number of halogens is 1. The summed E-state index contributed by atoms with van der Waals surface area (Å²) in [4.78, 5) is 25.3. The summed E-state index contributed by atoms with van der Waals surface area (Å²) in [6.45, 7) is 1.19. The maximum Gasteiger partial charge on any atom is 0.244 e. The Hall–Kier alpha value is -2.84. The normalized spacial score (nSPS) is 9.78. The van der Waals surface area contributed by atoms with E-state index in [9.17, 15) is 9.59 Å². The van der Waals surface area contributed by atoms with Gasteiger partial charge in [0.05, 0.1) is 22.3 Å². The van der Waals surface area contributed by atoms with Crippen molar-refractivity contribution < 1.29 is 9.59 Å². The topological polar surface area (TPSA) is 73.2 Å². The van der Waals surface area contributed by atoms with E-state index in [4.69, 9.17) is 16.9 Å². The van der Waals surface area contributed by atoms with Crippen LogP contribution < -0.4 is 10.2 Å². The monoisotopic (exact) mass is 327 g/mol. The van der Waals surface area contributed by atoms with Gasteiger partial charge in [0.2, 0.25) is 11.8 Å². The van der Waals surface area contributed by atoms with Crippen LogP contribution in [0.1, 0.15) is 12.5 Å². The van der Waals surface area contributed by atoms with Gasteiger partial charge in [0, 0.05) is 12.6 Å². The van der Waals surface area contributed by atoms with Crippen LogP contribution >= 0.6 is 11.6 Å². The standard InChI is InChI=1S/C17H14ClN3O2/c1-12(22)21(14-6-4-5-13(9-14)10-19)11-17(23)20-16-8-3-2-7-15(16)18/h2-9H,11H2,1H3,(H,20,23).